The maximum absolute atomic E-state index is 11.9. The van der Waals surface area contributed by atoms with E-state index in [1.165, 1.54) is 0 Å². The molecular weight excluding hydrogens is 231 g/mol. The van der Waals surface area contributed by atoms with Gasteiger partial charge < -0.3 is 5.32 Å². The van der Waals surface area contributed by atoms with Crippen molar-refractivity contribution in [2.75, 3.05) is 11.9 Å². The van der Waals surface area contributed by atoms with E-state index in [0.717, 1.165) is 5.56 Å². The highest BCUT2D eigenvalue weighted by atomic mass is 19.4. The van der Waals surface area contributed by atoms with Crippen LogP contribution in [0.2, 0.25) is 0 Å². The quantitative estimate of drug-likeness (QED) is 0.872. The lowest BCUT2D eigenvalue weighted by Crippen LogP contribution is -2.22. The first-order valence-electron chi connectivity index (χ1n) is 5.42. The Labute approximate surface area is 99.5 Å². The molecule has 98 valence electrons. The zero-order valence-corrected chi connectivity index (χ0v) is 10.7. The zero-order chi connectivity index (χ0) is 13.6. The highest BCUT2D eigenvalue weighted by molar-refractivity contribution is 5.33. The summed E-state index contributed by atoms with van der Waals surface area (Å²) in [5.41, 5.74) is 2.27. The van der Waals surface area contributed by atoms with Gasteiger partial charge in [0.15, 0.2) is 0 Å². The molecule has 6 heteroatoms. The van der Waals surface area contributed by atoms with E-state index in [2.05, 4.69) is 15.3 Å². The number of halogens is 3. The zero-order valence-electron chi connectivity index (χ0n) is 10.7. The fraction of sp³-hybridized carbons (Fsp3) is 0.636. The molecule has 0 saturated carbocycles. The molecule has 1 N–H and O–H groups in total. The highest BCUT2D eigenvalue weighted by Gasteiger charge is 2.27. The number of alkyl halides is 3. The molecule has 0 radical (unpaired) electrons. The van der Waals surface area contributed by atoms with Crippen LogP contribution in [0.4, 0.5) is 19.1 Å². The fourth-order valence-electron chi connectivity index (χ4n) is 1.03. The second-order valence-corrected chi connectivity index (χ2v) is 3.31. The molecule has 17 heavy (non-hydrogen) atoms. The van der Waals surface area contributed by atoms with E-state index in [0.29, 0.717) is 11.4 Å². The normalized spacial score (nSPS) is 10.6. The Morgan fingerprint density at radius 2 is 1.41 bits per heavy atom. The number of rotatable bonds is 2. The maximum Gasteiger partial charge on any atom is 0.405 e. The van der Waals surface area contributed by atoms with E-state index in [1.54, 1.807) is 13.8 Å². The van der Waals surface area contributed by atoms with Crippen LogP contribution in [0.1, 0.15) is 30.8 Å². The van der Waals surface area contributed by atoms with Gasteiger partial charge in [-0.2, -0.15) is 13.2 Å². The summed E-state index contributed by atoms with van der Waals surface area (Å²) in [5, 5.41) is 2.15. The minimum absolute atomic E-state index is 0.0212. The van der Waals surface area contributed by atoms with Crippen LogP contribution < -0.4 is 5.32 Å². The summed E-state index contributed by atoms with van der Waals surface area (Å²) < 4.78 is 35.7. The molecule has 0 aliphatic rings. The smallest absolute Gasteiger partial charge is 0.345 e. The molecule has 0 atom stereocenters. The van der Waals surface area contributed by atoms with Crippen molar-refractivity contribution in [1.82, 2.24) is 9.97 Å². The predicted molar refractivity (Wildman–Crippen MR) is 62.1 cm³/mol. The molecule has 0 saturated heterocycles. The second-order valence-electron chi connectivity index (χ2n) is 3.31. The summed E-state index contributed by atoms with van der Waals surface area (Å²) in [4.78, 5) is 7.83. The summed E-state index contributed by atoms with van der Waals surface area (Å²) in [6, 6.07) is 0. The maximum atomic E-state index is 11.9. The van der Waals surface area contributed by atoms with E-state index in [9.17, 15) is 13.2 Å². The van der Waals surface area contributed by atoms with Crippen LogP contribution >= 0.6 is 0 Å². The molecule has 0 spiro atoms. The molecule has 3 nitrogen and oxygen atoms in total. The van der Waals surface area contributed by atoms with Gasteiger partial charge in [-0.15, -0.1) is 0 Å². The van der Waals surface area contributed by atoms with E-state index in [1.807, 2.05) is 20.8 Å². The Bertz CT molecular complexity index is 338. The lowest BCUT2D eigenvalue weighted by molar-refractivity contribution is -0.115. The van der Waals surface area contributed by atoms with Gasteiger partial charge in [0.1, 0.15) is 6.54 Å². The standard InChI is InChI=1S/C9H12F3N3.C2H6/c1-5-6(2)14-8(15-7(5)3)13-4-9(10,11)12;1-2/h4H2,1-3H3,(H,13,14,15);1-2H3. The molecular formula is C11H18F3N3. The van der Waals surface area contributed by atoms with Gasteiger partial charge in [-0.3, -0.25) is 0 Å². The Morgan fingerprint density at radius 1 is 1.00 bits per heavy atom. The third kappa shape index (κ3) is 5.51. The van der Waals surface area contributed by atoms with Crippen molar-refractivity contribution >= 4 is 5.95 Å². The lowest BCUT2D eigenvalue weighted by Gasteiger charge is -2.10. The first-order valence-corrected chi connectivity index (χ1v) is 5.42. The molecule has 0 aliphatic heterocycles. The van der Waals surface area contributed by atoms with Crippen molar-refractivity contribution in [3.8, 4) is 0 Å². The van der Waals surface area contributed by atoms with E-state index in [-0.39, 0.29) is 5.95 Å². The number of anilines is 1. The molecule has 0 aliphatic carbocycles. The average Bonchev–Trinajstić information content (AvgIpc) is 2.24. The SMILES string of the molecule is CC.Cc1nc(NCC(F)(F)F)nc(C)c1C. The first-order chi connectivity index (χ1) is 7.79. The van der Waals surface area contributed by atoms with Crippen molar-refractivity contribution in [3.05, 3.63) is 17.0 Å². The van der Waals surface area contributed by atoms with E-state index < -0.39 is 12.7 Å². The van der Waals surface area contributed by atoms with Crippen molar-refractivity contribution in [2.24, 2.45) is 0 Å². The Hall–Kier alpha value is -1.33. The number of nitrogens with one attached hydrogen (secondary N) is 1. The van der Waals surface area contributed by atoms with Gasteiger partial charge >= 0.3 is 6.18 Å². The van der Waals surface area contributed by atoms with Crippen molar-refractivity contribution < 1.29 is 13.2 Å². The molecule has 0 amide bonds. The topological polar surface area (TPSA) is 37.8 Å². The van der Waals surface area contributed by atoms with Gasteiger partial charge in [0, 0.05) is 11.4 Å². The van der Waals surface area contributed by atoms with Gasteiger partial charge in [-0.25, -0.2) is 9.97 Å². The summed E-state index contributed by atoms with van der Waals surface area (Å²) in [5.74, 6) is 0.0212. The molecule has 1 rings (SSSR count). The van der Waals surface area contributed by atoms with E-state index in [4.69, 9.17) is 0 Å². The van der Waals surface area contributed by atoms with Gasteiger partial charge in [-0.05, 0) is 26.3 Å². The van der Waals surface area contributed by atoms with Crippen LogP contribution in [0.3, 0.4) is 0 Å². The molecule has 1 aromatic heterocycles. The Balaban J connectivity index is 0.00000121. The van der Waals surface area contributed by atoms with Crippen LogP contribution in [0.15, 0.2) is 0 Å². The minimum Gasteiger partial charge on any atom is -0.345 e. The number of hydrogen-bond acceptors (Lipinski definition) is 3. The predicted octanol–water partition coefficient (Wildman–Crippen LogP) is 3.40. The first kappa shape index (κ1) is 15.7. The van der Waals surface area contributed by atoms with Gasteiger partial charge in [-0.1, -0.05) is 13.8 Å². The van der Waals surface area contributed by atoms with Gasteiger partial charge in [0.2, 0.25) is 5.95 Å². The van der Waals surface area contributed by atoms with Gasteiger partial charge in [0.25, 0.3) is 0 Å². The van der Waals surface area contributed by atoms with Gasteiger partial charge in [0.05, 0.1) is 0 Å². The molecule has 0 aromatic carbocycles. The summed E-state index contributed by atoms with van der Waals surface area (Å²) in [7, 11) is 0. The van der Waals surface area contributed by atoms with Crippen LogP contribution in [-0.2, 0) is 0 Å². The largest absolute Gasteiger partial charge is 0.405 e. The fourth-order valence-corrected chi connectivity index (χ4v) is 1.03. The number of aromatic nitrogens is 2. The third-order valence-electron chi connectivity index (χ3n) is 2.08. The molecule has 0 unspecified atom stereocenters. The van der Waals surface area contributed by atoms with Crippen LogP contribution in [-0.4, -0.2) is 22.7 Å². The Kier molecular flexibility index (Phi) is 5.91. The summed E-state index contributed by atoms with van der Waals surface area (Å²) >= 11 is 0. The molecule has 0 fully saturated rings. The minimum atomic E-state index is -4.25. The van der Waals surface area contributed by atoms with E-state index >= 15 is 0 Å². The number of nitrogens with zero attached hydrogens (tertiary/aromatic N) is 2. The number of aryl methyl sites for hydroxylation is 2. The molecule has 1 heterocycles. The Morgan fingerprint density at radius 3 is 1.76 bits per heavy atom. The number of hydrogen-bond donors (Lipinski definition) is 1. The van der Waals surface area contributed by atoms with Crippen LogP contribution in [0, 0.1) is 20.8 Å². The van der Waals surface area contributed by atoms with Crippen molar-refractivity contribution in [3.63, 3.8) is 0 Å². The van der Waals surface area contributed by atoms with Crippen molar-refractivity contribution in [2.45, 2.75) is 40.8 Å². The average molecular weight is 249 g/mol. The monoisotopic (exact) mass is 249 g/mol. The molecule has 1 aromatic rings. The summed E-state index contributed by atoms with van der Waals surface area (Å²) in [6.07, 6.45) is -4.25. The lowest BCUT2D eigenvalue weighted by atomic mass is 10.2. The van der Waals surface area contributed by atoms with Crippen molar-refractivity contribution in [1.29, 1.82) is 0 Å². The molecule has 0 bridgehead atoms. The van der Waals surface area contributed by atoms with Crippen LogP contribution in [0.25, 0.3) is 0 Å². The third-order valence-corrected chi connectivity index (χ3v) is 2.08. The van der Waals surface area contributed by atoms with Crippen LogP contribution in [0.5, 0.6) is 0 Å². The highest BCUT2D eigenvalue weighted by Crippen LogP contribution is 2.16. The second kappa shape index (κ2) is 6.42. The summed E-state index contributed by atoms with van der Waals surface area (Å²) in [6.45, 7) is 8.19.